The van der Waals surface area contributed by atoms with Gasteiger partial charge in [-0.05, 0) is 39.2 Å². The quantitative estimate of drug-likeness (QED) is 0.842. The molecule has 118 valence electrons. The first kappa shape index (κ1) is 17.4. The van der Waals surface area contributed by atoms with Crippen LogP contribution in [0.15, 0.2) is 0 Å². The summed E-state index contributed by atoms with van der Waals surface area (Å²) in [7, 11) is 1.98. The highest BCUT2D eigenvalue weighted by Gasteiger charge is 2.35. The first-order chi connectivity index (χ1) is 9.21. The van der Waals surface area contributed by atoms with Gasteiger partial charge in [0, 0.05) is 25.1 Å². The molecule has 0 unspecified atom stereocenters. The van der Waals surface area contributed by atoms with Gasteiger partial charge in [-0.2, -0.15) is 0 Å². The number of hydrogen-bond acceptors (Lipinski definition) is 3. The van der Waals surface area contributed by atoms with Crippen LogP contribution in [0.3, 0.4) is 0 Å². The summed E-state index contributed by atoms with van der Waals surface area (Å²) in [4.78, 5) is 14.0. The number of ether oxygens (including phenoxy) is 1. The molecule has 1 fully saturated rings. The van der Waals surface area contributed by atoms with E-state index in [9.17, 15) is 4.79 Å². The lowest BCUT2D eigenvalue weighted by atomic mass is 9.78. The van der Waals surface area contributed by atoms with Gasteiger partial charge in [-0.25, -0.2) is 0 Å². The SMILES string of the molecule is CC(C)N(C)CC(=O)NC[C@@H]1CCCO[C@H]1C(C)(C)C. The Morgan fingerprint density at radius 1 is 1.40 bits per heavy atom. The number of nitrogens with zero attached hydrogens (tertiary/aromatic N) is 1. The van der Waals surface area contributed by atoms with Gasteiger partial charge in [0.2, 0.25) is 5.91 Å². The maximum atomic E-state index is 12.0. The van der Waals surface area contributed by atoms with E-state index in [1.54, 1.807) is 0 Å². The maximum Gasteiger partial charge on any atom is 0.234 e. The Hall–Kier alpha value is -0.610. The van der Waals surface area contributed by atoms with Crippen LogP contribution in [0.25, 0.3) is 0 Å². The Morgan fingerprint density at radius 2 is 2.05 bits per heavy atom. The van der Waals surface area contributed by atoms with E-state index in [4.69, 9.17) is 4.74 Å². The standard InChI is InChI=1S/C16H32N2O2/c1-12(2)18(6)11-14(19)17-10-13-8-7-9-20-15(13)16(3,4)5/h12-13,15H,7-11H2,1-6H3,(H,17,19)/t13-,15+/m0/s1. The molecule has 1 aliphatic heterocycles. The zero-order chi connectivity index (χ0) is 15.3. The zero-order valence-corrected chi connectivity index (χ0v) is 14.0. The molecule has 1 rings (SSSR count). The summed E-state index contributed by atoms with van der Waals surface area (Å²) < 4.78 is 5.94. The molecule has 4 heteroatoms. The predicted molar refractivity (Wildman–Crippen MR) is 82.7 cm³/mol. The molecule has 0 saturated carbocycles. The normalized spacial score (nSPS) is 24.2. The van der Waals surface area contributed by atoms with Crippen molar-refractivity contribution in [2.75, 3.05) is 26.7 Å². The lowest BCUT2D eigenvalue weighted by molar-refractivity contribution is -0.124. The van der Waals surface area contributed by atoms with Crippen molar-refractivity contribution in [2.45, 2.75) is 59.6 Å². The summed E-state index contributed by atoms with van der Waals surface area (Å²) in [5.41, 5.74) is 0.130. The first-order valence-electron chi connectivity index (χ1n) is 7.80. The van der Waals surface area contributed by atoms with E-state index in [0.717, 1.165) is 26.0 Å². The molecule has 1 N–H and O–H groups in total. The van der Waals surface area contributed by atoms with Crippen molar-refractivity contribution in [1.82, 2.24) is 10.2 Å². The van der Waals surface area contributed by atoms with E-state index in [1.165, 1.54) is 0 Å². The number of carbonyl (C=O) groups excluding carboxylic acids is 1. The second-order valence-electron chi connectivity index (χ2n) is 7.37. The van der Waals surface area contributed by atoms with Crippen LogP contribution < -0.4 is 5.32 Å². The first-order valence-corrected chi connectivity index (χ1v) is 7.80. The number of hydrogen-bond donors (Lipinski definition) is 1. The fourth-order valence-corrected chi connectivity index (χ4v) is 2.72. The van der Waals surface area contributed by atoms with E-state index in [-0.39, 0.29) is 17.4 Å². The maximum absolute atomic E-state index is 12.0. The minimum absolute atomic E-state index is 0.111. The minimum atomic E-state index is 0.111. The third-order valence-corrected chi connectivity index (χ3v) is 4.13. The van der Waals surface area contributed by atoms with E-state index >= 15 is 0 Å². The number of rotatable bonds is 5. The fraction of sp³-hybridized carbons (Fsp3) is 0.938. The van der Waals surface area contributed by atoms with Gasteiger partial charge in [-0.15, -0.1) is 0 Å². The summed E-state index contributed by atoms with van der Waals surface area (Å²) in [6.07, 6.45) is 2.47. The summed E-state index contributed by atoms with van der Waals surface area (Å²) >= 11 is 0. The molecule has 0 bridgehead atoms. The second-order valence-corrected chi connectivity index (χ2v) is 7.37. The molecule has 0 aliphatic carbocycles. The predicted octanol–water partition coefficient (Wildman–Crippen LogP) is 2.28. The van der Waals surface area contributed by atoms with Crippen molar-refractivity contribution in [1.29, 1.82) is 0 Å². The summed E-state index contributed by atoms with van der Waals surface area (Å²) in [6, 6.07) is 0.390. The molecule has 0 radical (unpaired) electrons. The monoisotopic (exact) mass is 284 g/mol. The third-order valence-electron chi connectivity index (χ3n) is 4.13. The molecular formula is C16H32N2O2. The van der Waals surface area contributed by atoms with Gasteiger partial charge < -0.3 is 10.1 Å². The summed E-state index contributed by atoms with van der Waals surface area (Å²) in [5.74, 6) is 0.538. The number of carbonyl (C=O) groups is 1. The Labute approximate surface area is 124 Å². The van der Waals surface area contributed by atoms with Crippen molar-refractivity contribution >= 4 is 5.91 Å². The third kappa shape index (κ3) is 5.41. The molecule has 1 saturated heterocycles. The average molecular weight is 284 g/mol. The number of amides is 1. The zero-order valence-electron chi connectivity index (χ0n) is 14.0. The van der Waals surface area contributed by atoms with Crippen LogP contribution >= 0.6 is 0 Å². The molecule has 2 atom stereocenters. The van der Waals surface area contributed by atoms with Gasteiger partial charge in [0.25, 0.3) is 0 Å². The lowest BCUT2D eigenvalue weighted by Gasteiger charge is -2.40. The van der Waals surface area contributed by atoms with Crippen LogP contribution in [0.4, 0.5) is 0 Å². The molecule has 4 nitrogen and oxygen atoms in total. The van der Waals surface area contributed by atoms with Gasteiger partial charge in [0.05, 0.1) is 12.6 Å². The fourth-order valence-electron chi connectivity index (χ4n) is 2.72. The topological polar surface area (TPSA) is 41.6 Å². The van der Waals surface area contributed by atoms with E-state index in [2.05, 4.69) is 39.9 Å². The van der Waals surface area contributed by atoms with Crippen LogP contribution in [-0.4, -0.2) is 49.7 Å². The molecule has 0 aromatic heterocycles. The second kappa shape index (κ2) is 7.41. The molecule has 1 amide bonds. The highest BCUT2D eigenvalue weighted by Crippen LogP contribution is 2.33. The minimum Gasteiger partial charge on any atom is -0.377 e. The Balaban J connectivity index is 2.44. The Morgan fingerprint density at radius 3 is 2.60 bits per heavy atom. The van der Waals surface area contributed by atoms with Gasteiger partial charge >= 0.3 is 0 Å². The number of nitrogens with one attached hydrogen (secondary N) is 1. The Kier molecular flexibility index (Phi) is 6.46. The van der Waals surface area contributed by atoms with Gasteiger partial charge in [-0.3, -0.25) is 9.69 Å². The number of likely N-dealkylation sites (N-methyl/N-ethyl adjacent to an activating group) is 1. The Bertz CT molecular complexity index is 310. The largest absolute Gasteiger partial charge is 0.377 e. The smallest absolute Gasteiger partial charge is 0.234 e. The molecule has 0 aromatic rings. The van der Waals surface area contributed by atoms with E-state index in [0.29, 0.717) is 18.5 Å². The van der Waals surface area contributed by atoms with Gasteiger partial charge in [0.1, 0.15) is 0 Å². The van der Waals surface area contributed by atoms with Crippen molar-refractivity contribution < 1.29 is 9.53 Å². The molecule has 20 heavy (non-hydrogen) atoms. The van der Waals surface area contributed by atoms with E-state index in [1.807, 2.05) is 11.9 Å². The molecule has 1 heterocycles. The van der Waals surface area contributed by atoms with Crippen molar-refractivity contribution in [2.24, 2.45) is 11.3 Å². The van der Waals surface area contributed by atoms with Gasteiger partial charge in [-0.1, -0.05) is 20.8 Å². The molecule has 0 aromatic carbocycles. The summed E-state index contributed by atoms with van der Waals surface area (Å²) in [6.45, 7) is 12.9. The van der Waals surface area contributed by atoms with Crippen LogP contribution in [0.1, 0.15) is 47.5 Å². The average Bonchev–Trinajstić information content (AvgIpc) is 2.35. The van der Waals surface area contributed by atoms with Crippen LogP contribution in [-0.2, 0) is 9.53 Å². The van der Waals surface area contributed by atoms with Crippen LogP contribution in [0.2, 0.25) is 0 Å². The lowest BCUT2D eigenvalue weighted by Crippen LogP contribution is -2.47. The highest BCUT2D eigenvalue weighted by atomic mass is 16.5. The van der Waals surface area contributed by atoms with Crippen LogP contribution in [0.5, 0.6) is 0 Å². The molecular weight excluding hydrogens is 252 g/mol. The van der Waals surface area contributed by atoms with Crippen LogP contribution in [0, 0.1) is 11.3 Å². The van der Waals surface area contributed by atoms with Crippen molar-refractivity contribution in [3.8, 4) is 0 Å². The molecule has 0 spiro atoms. The summed E-state index contributed by atoms with van der Waals surface area (Å²) in [5, 5.41) is 3.08. The highest BCUT2D eigenvalue weighted by molar-refractivity contribution is 5.78. The van der Waals surface area contributed by atoms with Crippen molar-refractivity contribution in [3.63, 3.8) is 0 Å². The molecule has 1 aliphatic rings. The van der Waals surface area contributed by atoms with Crippen molar-refractivity contribution in [3.05, 3.63) is 0 Å². The van der Waals surface area contributed by atoms with E-state index < -0.39 is 0 Å². The van der Waals surface area contributed by atoms with Gasteiger partial charge in [0.15, 0.2) is 0 Å².